The first-order valence-electron chi connectivity index (χ1n) is 13.1. The first-order chi connectivity index (χ1) is 14.3. The van der Waals surface area contributed by atoms with Crippen LogP contribution in [0.5, 0.6) is 0 Å². The van der Waals surface area contributed by atoms with Gasteiger partial charge in [0.15, 0.2) is 6.29 Å². The number of nitrogens with one attached hydrogen (secondary N) is 1. The zero-order valence-corrected chi connectivity index (χ0v) is 19.6. The van der Waals surface area contributed by atoms with Crippen LogP contribution in [0.2, 0.25) is 0 Å². The Labute approximate surface area is 182 Å². The Hall–Kier alpha value is -0.160. The summed E-state index contributed by atoms with van der Waals surface area (Å²) in [5.41, 5.74) is 0. The van der Waals surface area contributed by atoms with Gasteiger partial charge in [0.1, 0.15) is 0 Å². The summed E-state index contributed by atoms with van der Waals surface area (Å²) in [5, 5.41) is 13.3. The molecule has 0 aromatic carbocycles. The van der Waals surface area contributed by atoms with Crippen LogP contribution in [0.1, 0.15) is 116 Å². The van der Waals surface area contributed by atoms with E-state index in [1.807, 2.05) is 0 Å². The molecule has 0 aromatic rings. The van der Waals surface area contributed by atoms with E-state index in [-0.39, 0.29) is 0 Å². The molecule has 1 atom stereocenters. The maximum atomic E-state index is 9.94. The van der Waals surface area contributed by atoms with Gasteiger partial charge in [-0.3, -0.25) is 0 Å². The van der Waals surface area contributed by atoms with Crippen LogP contribution in [0.25, 0.3) is 0 Å². The summed E-state index contributed by atoms with van der Waals surface area (Å²) in [6.07, 6.45) is 22.3. The molecule has 1 saturated heterocycles. The van der Waals surface area contributed by atoms with Crippen molar-refractivity contribution < 1.29 is 9.84 Å². The summed E-state index contributed by atoms with van der Waals surface area (Å²) in [5.74, 6) is 0. The number of aliphatic hydroxyl groups is 1. The average Bonchev–Trinajstić information content (AvgIpc) is 2.75. The molecule has 1 rings (SSSR count). The molecule has 1 aliphatic rings. The maximum absolute atomic E-state index is 9.94. The van der Waals surface area contributed by atoms with Gasteiger partial charge in [0.05, 0.1) is 0 Å². The molecule has 174 valence electrons. The van der Waals surface area contributed by atoms with E-state index in [1.54, 1.807) is 0 Å². The van der Waals surface area contributed by atoms with Crippen molar-refractivity contribution in [2.24, 2.45) is 0 Å². The summed E-state index contributed by atoms with van der Waals surface area (Å²) in [4.78, 5) is 2.40. The molecule has 1 fully saturated rings. The van der Waals surface area contributed by atoms with Crippen LogP contribution in [0.4, 0.5) is 0 Å². The van der Waals surface area contributed by atoms with Gasteiger partial charge in [-0.1, -0.05) is 103 Å². The zero-order chi connectivity index (χ0) is 20.8. The van der Waals surface area contributed by atoms with E-state index >= 15 is 0 Å². The van der Waals surface area contributed by atoms with E-state index in [4.69, 9.17) is 4.74 Å². The monoisotopic (exact) mass is 412 g/mol. The predicted octanol–water partition coefficient (Wildman–Crippen LogP) is 5.88. The van der Waals surface area contributed by atoms with Crippen molar-refractivity contribution in [1.82, 2.24) is 10.2 Å². The third-order valence-electron chi connectivity index (χ3n) is 6.21. The molecular weight excluding hydrogens is 360 g/mol. The molecule has 0 bridgehead atoms. The second-order valence-corrected chi connectivity index (χ2v) is 9.01. The van der Waals surface area contributed by atoms with Crippen molar-refractivity contribution in [3.63, 3.8) is 0 Å². The normalized spacial score (nSPS) is 16.3. The van der Waals surface area contributed by atoms with Crippen LogP contribution in [0.15, 0.2) is 0 Å². The fourth-order valence-electron chi connectivity index (χ4n) is 4.18. The highest BCUT2D eigenvalue weighted by atomic mass is 16.6. The highest BCUT2D eigenvalue weighted by Gasteiger charge is 2.11. The number of unbranched alkanes of at least 4 members (excludes halogenated alkanes) is 15. The molecule has 0 amide bonds. The second kappa shape index (κ2) is 21.1. The molecule has 0 saturated carbocycles. The smallest absolute Gasteiger partial charge is 0.155 e. The van der Waals surface area contributed by atoms with Crippen LogP contribution >= 0.6 is 0 Å². The molecule has 0 aromatic heterocycles. The van der Waals surface area contributed by atoms with Crippen molar-refractivity contribution in [3.8, 4) is 0 Å². The molecule has 2 N–H and O–H groups in total. The van der Waals surface area contributed by atoms with Crippen LogP contribution in [0, 0.1) is 0 Å². The zero-order valence-electron chi connectivity index (χ0n) is 19.6. The van der Waals surface area contributed by atoms with Crippen molar-refractivity contribution in [3.05, 3.63) is 0 Å². The molecular formula is C25H52N2O2. The topological polar surface area (TPSA) is 44.7 Å². The Morgan fingerprint density at radius 2 is 1.17 bits per heavy atom. The third kappa shape index (κ3) is 18.3. The minimum absolute atomic E-state index is 0.582. The molecule has 0 radical (unpaired) electrons. The summed E-state index contributed by atoms with van der Waals surface area (Å²) in [6, 6.07) is 0. The predicted molar refractivity (Wildman–Crippen MR) is 125 cm³/mol. The van der Waals surface area contributed by atoms with Gasteiger partial charge in [0.25, 0.3) is 0 Å². The third-order valence-corrected chi connectivity index (χ3v) is 6.21. The van der Waals surface area contributed by atoms with Gasteiger partial charge >= 0.3 is 0 Å². The van der Waals surface area contributed by atoms with Gasteiger partial charge in [0.2, 0.25) is 0 Å². The molecule has 1 heterocycles. The summed E-state index contributed by atoms with van der Waals surface area (Å²) >= 11 is 0. The van der Waals surface area contributed by atoms with E-state index in [0.717, 1.165) is 45.6 Å². The summed E-state index contributed by atoms with van der Waals surface area (Å²) in [6.45, 7) is 8.25. The standard InChI is InChI=1S/C25H52N2O2/c1-2-3-4-5-6-7-8-9-10-11-12-13-14-15-16-17-24-29-25(28)18-21-27-22-19-26-20-23-27/h25-26,28H,2-24H2,1H3. The first-order valence-corrected chi connectivity index (χ1v) is 13.1. The Morgan fingerprint density at radius 3 is 1.66 bits per heavy atom. The lowest BCUT2D eigenvalue weighted by Crippen LogP contribution is -2.44. The lowest BCUT2D eigenvalue weighted by atomic mass is 10.0. The van der Waals surface area contributed by atoms with Gasteiger partial charge in [-0.05, 0) is 6.42 Å². The second-order valence-electron chi connectivity index (χ2n) is 9.01. The van der Waals surface area contributed by atoms with Gasteiger partial charge in [-0.15, -0.1) is 0 Å². The van der Waals surface area contributed by atoms with E-state index in [1.165, 1.54) is 96.3 Å². The average molecular weight is 413 g/mol. The number of hydrogen-bond acceptors (Lipinski definition) is 4. The SMILES string of the molecule is CCCCCCCCCCCCCCCCCCOC(O)CCN1CCNCC1. The lowest BCUT2D eigenvalue weighted by molar-refractivity contribution is -0.107. The van der Waals surface area contributed by atoms with E-state index < -0.39 is 6.29 Å². The van der Waals surface area contributed by atoms with Gasteiger partial charge < -0.3 is 20.1 Å². The highest BCUT2D eigenvalue weighted by Crippen LogP contribution is 2.13. The molecule has 1 unspecified atom stereocenters. The largest absolute Gasteiger partial charge is 0.368 e. The number of piperazine rings is 1. The molecule has 4 nitrogen and oxygen atoms in total. The fourth-order valence-corrected chi connectivity index (χ4v) is 4.18. The van der Waals surface area contributed by atoms with Crippen molar-refractivity contribution in [2.75, 3.05) is 39.3 Å². The number of rotatable bonds is 21. The number of aliphatic hydroxyl groups excluding tert-OH is 1. The molecule has 0 aliphatic carbocycles. The van der Waals surface area contributed by atoms with E-state index in [0.29, 0.717) is 6.61 Å². The number of hydrogen-bond donors (Lipinski definition) is 2. The van der Waals surface area contributed by atoms with Gasteiger partial charge in [-0.25, -0.2) is 0 Å². The Bertz CT molecular complexity index is 322. The van der Waals surface area contributed by atoms with Crippen LogP contribution in [-0.2, 0) is 4.74 Å². The van der Waals surface area contributed by atoms with E-state index in [9.17, 15) is 5.11 Å². The summed E-state index contributed by atoms with van der Waals surface area (Å²) in [7, 11) is 0. The fraction of sp³-hybridized carbons (Fsp3) is 1.00. The minimum Gasteiger partial charge on any atom is -0.368 e. The van der Waals surface area contributed by atoms with Crippen molar-refractivity contribution in [2.45, 2.75) is 122 Å². The number of nitrogens with zero attached hydrogens (tertiary/aromatic N) is 1. The van der Waals surface area contributed by atoms with Crippen molar-refractivity contribution >= 4 is 0 Å². The minimum atomic E-state index is -0.582. The molecule has 1 aliphatic heterocycles. The van der Waals surface area contributed by atoms with E-state index in [2.05, 4.69) is 17.1 Å². The summed E-state index contributed by atoms with van der Waals surface area (Å²) < 4.78 is 5.57. The van der Waals surface area contributed by atoms with Crippen LogP contribution < -0.4 is 5.32 Å². The highest BCUT2D eigenvalue weighted by molar-refractivity contribution is 4.67. The first kappa shape index (κ1) is 26.9. The Kier molecular flexibility index (Phi) is 19.5. The number of ether oxygens (including phenoxy) is 1. The Morgan fingerprint density at radius 1 is 0.724 bits per heavy atom. The molecule has 29 heavy (non-hydrogen) atoms. The van der Waals surface area contributed by atoms with Crippen molar-refractivity contribution in [1.29, 1.82) is 0 Å². The maximum Gasteiger partial charge on any atom is 0.155 e. The van der Waals surface area contributed by atoms with Crippen LogP contribution in [0.3, 0.4) is 0 Å². The Balaban J connectivity index is 1.70. The van der Waals surface area contributed by atoms with Crippen LogP contribution in [-0.4, -0.2) is 55.6 Å². The molecule has 4 heteroatoms. The van der Waals surface area contributed by atoms with Gasteiger partial charge in [-0.2, -0.15) is 0 Å². The quantitative estimate of drug-likeness (QED) is 0.183. The van der Waals surface area contributed by atoms with Gasteiger partial charge in [0, 0.05) is 45.8 Å². The lowest BCUT2D eigenvalue weighted by Gasteiger charge is -2.27. The molecule has 0 spiro atoms.